The largest absolute Gasteiger partial charge is 0.377 e. The van der Waals surface area contributed by atoms with Crippen LogP contribution >= 0.6 is 0 Å². The molecule has 0 saturated carbocycles. The normalized spacial score (nSPS) is 31.5. The molecule has 1 aliphatic rings. The predicted octanol–water partition coefficient (Wildman–Crippen LogP) is 1.29. The molecule has 1 aliphatic heterocycles. The van der Waals surface area contributed by atoms with Crippen LogP contribution in [0.25, 0.3) is 0 Å². The average Bonchev–Trinajstić information content (AvgIpc) is 2.49. The summed E-state index contributed by atoms with van der Waals surface area (Å²) in [5, 5.41) is 0.179. The second-order valence-corrected chi connectivity index (χ2v) is 7.12. The average molecular weight is 233 g/mol. The van der Waals surface area contributed by atoms with Gasteiger partial charge in [-0.15, -0.1) is 0 Å². The molecule has 4 atom stereocenters. The lowest BCUT2D eigenvalue weighted by Gasteiger charge is -2.28. The molecule has 4 unspecified atom stereocenters. The van der Waals surface area contributed by atoms with E-state index in [1.807, 2.05) is 6.92 Å². The molecule has 0 radical (unpaired) electrons. The number of hydrogen-bond donors (Lipinski definition) is 1. The molecule has 1 saturated heterocycles. The zero-order valence-electron chi connectivity index (χ0n) is 10.2. The molecule has 1 fully saturated rings. The van der Waals surface area contributed by atoms with Crippen LogP contribution in [-0.4, -0.2) is 34.0 Å². The summed E-state index contributed by atoms with van der Waals surface area (Å²) in [5.74, 6) is 0.585. The van der Waals surface area contributed by atoms with Crippen LogP contribution in [0.15, 0.2) is 0 Å². The van der Waals surface area contributed by atoms with Crippen molar-refractivity contribution in [2.75, 3.05) is 12.4 Å². The minimum absolute atomic E-state index is 0.00821. The van der Waals surface area contributed by atoms with E-state index in [4.69, 9.17) is 10.5 Å². The van der Waals surface area contributed by atoms with Gasteiger partial charge in [-0.2, -0.15) is 0 Å². The van der Waals surface area contributed by atoms with Gasteiger partial charge in [0.2, 0.25) is 0 Å². The summed E-state index contributed by atoms with van der Waals surface area (Å²) < 4.78 is 17.5. The summed E-state index contributed by atoms with van der Waals surface area (Å²) in [7, 11) is -0.852. The van der Waals surface area contributed by atoms with Crippen LogP contribution in [0, 0.1) is 5.41 Å². The van der Waals surface area contributed by atoms with E-state index in [-0.39, 0.29) is 22.8 Å². The van der Waals surface area contributed by atoms with Gasteiger partial charge in [-0.05, 0) is 18.8 Å². The zero-order chi connectivity index (χ0) is 11.6. The SMILES string of the molecule is CC1OCCC1S(=O)CC(N)C(C)(C)C. The third kappa shape index (κ3) is 3.54. The Morgan fingerprint density at radius 1 is 1.53 bits per heavy atom. The molecule has 0 spiro atoms. The molecule has 15 heavy (non-hydrogen) atoms. The minimum atomic E-state index is -0.852. The predicted molar refractivity (Wildman–Crippen MR) is 64.3 cm³/mol. The summed E-state index contributed by atoms with van der Waals surface area (Å²) in [5.41, 5.74) is 6.06. The zero-order valence-corrected chi connectivity index (χ0v) is 11.0. The second kappa shape index (κ2) is 4.93. The van der Waals surface area contributed by atoms with Crippen molar-refractivity contribution in [3.8, 4) is 0 Å². The molecule has 0 aromatic heterocycles. The maximum atomic E-state index is 12.1. The molecule has 1 heterocycles. The molecule has 3 nitrogen and oxygen atoms in total. The third-order valence-electron chi connectivity index (χ3n) is 3.10. The topological polar surface area (TPSA) is 52.3 Å². The summed E-state index contributed by atoms with van der Waals surface area (Å²) >= 11 is 0. The number of rotatable bonds is 3. The number of nitrogens with two attached hydrogens (primary N) is 1. The van der Waals surface area contributed by atoms with E-state index in [0.717, 1.165) is 13.0 Å². The van der Waals surface area contributed by atoms with Crippen molar-refractivity contribution in [1.29, 1.82) is 0 Å². The first-order chi connectivity index (χ1) is 6.82. The third-order valence-corrected chi connectivity index (χ3v) is 5.08. The van der Waals surface area contributed by atoms with E-state index in [9.17, 15) is 4.21 Å². The molecule has 1 rings (SSSR count). The van der Waals surface area contributed by atoms with Crippen molar-refractivity contribution >= 4 is 10.8 Å². The minimum Gasteiger partial charge on any atom is -0.377 e. The quantitative estimate of drug-likeness (QED) is 0.799. The van der Waals surface area contributed by atoms with Gasteiger partial charge in [-0.3, -0.25) is 4.21 Å². The van der Waals surface area contributed by atoms with Gasteiger partial charge in [0.15, 0.2) is 0 Å². The van der Waals surface area contributed by atoms with Crippen LogP contribution < -0.4 is 5.73 Å². The fourth-order valence-corrected chi connectivity index (χ4v) is 3.57. The van der Waals surface area contributed by atoms with Crippen molar-refractivity contribution in [3.63, 3.8) is 0 Å². The van der Waals surface area contributed by atoms with Crippen LogP contribution in [-0.2, 0) is 15.5 Å². The highest BCUT2D eigenvalue weighted by molar-refractivity contribution is 7.85. The maximum Gasteiger partial charge on any atom is 0.0691 e. The second-order valence-electron chi connectivity index (χ2n) is 5.42. The molecule has 4 heteroatoms. The standard InChI is InChI=1S/C11H23NO2S/c1-8-9(5-6-14-8)15(13)7-10(12)11(2,3)4/h8-10H,5-7,12H2,1-4H3. The Kier molecular flexibility index (Phi) is 4.32. The Bertz CT molecular complexity index is 237. The van der Waals surface area contributed by atoms with Crippen molar-refractivity contribution in [2.24, 2.45) is 11.1 Å². The smallest absolute Gasteiger partial charge is 0.0691 e. The molecular weight excluding hydrogens is 210 g/mol. The molecule has 2 N–H and O–H groups in total. The monoisotopic (exact) mass is 233 g/mol. The first kappa shape index (κ1) is 13.1. The highest BCUT2D eigenvalue weighted by atomic mass is 32.2. The van der Waals surface area contributed by atoms with Gasteiger partial charge in [-0.25, -0.2) is 0 Å². The Morgan fingerprint density at radius 2 is 2.13 bits per heavy atom. The van der Waals surface area contributed by atoms with E-state index < -0.39 is 10.8 Å². The fraction of sp³-hybridized carbons (Fsp3) is 1.00. The van der Waals surface area contributed by atoms with Gasteiger partial charge < -0.3 is 10.5 Å². The Hall–Kier alpha value is 0.0700. The Labute approximate surface area is 95.2 Å². The van der Waals surface area contributed by atoms with Crippen LogP contribution in [0.4, 0.5) is 0 Å². The van der Waals surface area contributed by atoms with E-state index >= 15 is 0 Å². The number of hydrogen-bond acceptors (Lipinski definition) is 3. The summed E-state index contributed by atoms with van der Waals surface area (Å²) in [4.78, 5) is 0. The lowest BCUT2D eigenvalue weighted by atomic mass is 9.89. The first-order valence-electron chi connectivity index (χ1n) is 5.56. The van der Waals surface area contributed by atoms with Gasteiger partial charge in [0.05, 0.1) is 11.4 Å². The van der Waals surface area contributed by atoms with Crippen LogP contribution in [0.1, 0.15) is 34.1 Å². The van der Waals surface area contributed by atoms with Gasteiger partial charge >= 0.3 is 0 Å². The molecular formula is C11H23NO2S. The van der Waals surface area contributed by atoms with Crippen molar-refractivity contribution < 1.29 is 8.95 Å². The lowest BCUT2D eigenvalue weighted by Crippen LogP contribution is -2.42. The fourth-order valence-electron chi connectivity index (χ4n) is 1.61. The maximum absolute atomic E-state index is 12.1. The van der Waals surface area contributed by atoms with Crippen LogP contribution in [0.5, 0.6) is 0 Å². The van der Waals surface area contributed by atoms with Gasteiger partial charge in [-0.1, -0.05) is 20.8 Å². The lowest BCUT2D eigenvalue weighted by molar-refractivity contribution is 0.127. The van der Waals surface area contributed by atoms with Crippen molar-refractivity contribution in [3.05, 3.63) is 0 Å². The van der Waals surface area contributed by atoms with Crippen LogP contribution in [0.3, 0.4) is 0 Å². The van der Waals surface area contributed by atoms with Crippen molar-refractivity contribution in [2.45, 2.75) is 51.5 Å². The highest BCUT2D eigenvalue weighted by Crippen LogP contribution is 2.23. The molecule has 90 valence electrons. The van der Waals surface area contributed by atoms with E-state index in [2.05, 4.69) is 20.8 Å². The molecule has 0 aromatic carbocycles. The molecule has 0 bridgehead atoms. The van der Waals surface area contributed by atoms with Crippen molar-refractivity contribution in [1.82, 2.24) is 0 Å². The molecule has 0 aromatic rings. The Morgan fingerprint density at radius 3 is 2.53 bits per heavy atom. The van der Waals surface area contributed by atoms with Crippen LogP contribution in [0.2, 0.25) is 0 Å². The summed E-state index contributed by atoms with van der Waals surface area (Å²) in [6.07, 6.45) is 1.03. The van der Waals surface area contributed by atoms with Gasteiger partial charge in [0.25, 0.3) is 0 Å². The Balaban J connectivity index is 2.48. The molecule has 0 amide bonds. The first-order valence-corrected chi connectivity index (χ1v) is 6.95. The summed E-state index contributed by atoms with van der Waals surface area (Å²) in [6.45, 7) is 9.00. The highest BCUT2D eigenvalue weighted by Gasteiger charge is 2.32. The van der Waals surface area contributed by atoms with Gasteiger partial charge in [0.1, 0.15) is 0 Å². The van der Waals surface area contributed by atoms with Gasteiger partial charge in [0, 0.05) is 29.2 Å². The molecule has 0 aliphatic carbocycles. The number of ether oxygens (including phenoxy) is 1. The van der Waals surface area contributed by atoms with E-state index in [0.29, 0.717) is 5.75 Å². The van der Waals surface area contributed by atoms with E-state index in [1.165, 1.54) is 0 Å². The summed E-state index contributed by atoms with van der Waals surface area (Å²) in [6, 6.07) is -0.00821. The van der Waals surface area contributed by atoms with E-state index in [1.54, 1.807) is 0 Å².